The molecule has 1 aliphatic heterocycles. The van der Waals surface area contributed by atoms with Gasteiger partial charge in [-0.15, -0.1) is 0 Å². The van der Waals surface area contributed by atoms with Crippen LogP contribution in [0.2, 0.25) is 5.02 Å². The number of hydrogen-bond donors (Lipinski definition) is 0. The minimum atomic E-state index is -0.568. The van der Waals surface area contributed by atoms with E-state index >= 15 is 0 Å². The topological polar surface area (TPSA) is 32.8 Å². The van der Waals surface area contributed by atoms with Crippen LogP contribution in [0, 0.1) is 0 Å². The Kier molecular flexibility index (Phi) is 8.48. The van der Waals surface area contributed by atoms with Crippen LogP contribution in [0.15, 0.2) is 78.9 Å². The van der Waals surface area contributed by atoms with Crippen molar-refractivity contribution in [2.45, 2.75) is 31.6 Å². The van der Waals surface area contributed by atoms with Crippen molar-refractivity contribution in [3.8, 4) is 11.1 Å². The number of halogens is 1. The normalized spacial score (nSPS) is 16.0. The largest absolute Gasteiger partial charge is 0.468 e. The number of ether oxygens (including phenoxy) is 1. The average Bonchev–Trinajstić information content (AvgIpc) is 2.92. The maximum Gasteiger partial charge on any atom is 0.316 e. The summed E-state index contributed by atoms with van der Waals surface area (Å²) >= 11 is 6.36. The standard InChI is InChI=1S/C30H35ClN2O2/c1-3-30(29(34)35-2,25-10-5-4-6-11-25)18-9-19-32-20-22-33(23-21-32)26-16-14-24(15-17-26)27-12-7-8-13-28(27)31/h4-8,10-17H,3,9,18-23H2,1-2H3. The zero-order valence-electron chi connectivity index (χ0n) is 20.8. The van der Waals surface area contributed by atoms with Gasteiger partial charge in [-0.1, -0.05) is 79.2 Å². The Morgan fingerprint density at radius 3 is 2.20 bits per heavy atom. The molecule has 35 heavy (non-hydrogen) atoms. The van der Waals surface area contributed by atoms with E-state index in [0.29, 0.717) is 0 Å². The highest BCUT2D eigenvalue weighted by molar-refractivity contribution is 6.33. The highest BCUT2D eigenvalue weighted by atomic mass is 35.5. The summed E-state index contributed by atoms with van der Waals surface area (Å²) in [6.45, 7) is 7.12. The van der Waals surface area contributed by atoms with Gasteiger partial charge in [-0.3, -0.25) is 9.69 Å². The van der Waals surface area contributed by atoms with Gasteiger partial charge in [0.1, 0.15) is 0 Å². The molecule has 5 heteroatoms. The van der Waals surface area contributed by atoms with Crippen LogP contribution < -0.4 is 4.90 Å². The number of anilines is 1. The molecule has 4 nitrogen and oxygen atoms in total. The van der Waals surface area contributed by atoms with Crippen molar-refractivity contribution in [1.82, 2.24) is 4.90 Å². The second-order valence-electron chi connectivity index (χ2n) is 9.25. The van der Waals surface area contributed by atoms with Gasteiger partial charge in [-0.05, 0) is 55.1 Å². The number of nitrogens with zero attached hydrogens (tertiary/aromatic N) is 2. The molecule has 1 unspecified atom stereocenters. The number of benzene rings is 3. The Morgan fingerprint density at radius 1 is 0.914 bits per heavy atom. The van der Waals surface area contributed by atoms with E-state index in [1.165, 1.54) is 12.8 Å². The zero-order valence-corrected chi connectivity index (χ0v) is 21.5. The van der Waals surface area contributed by atoms with Crippen molar-refractivity contribution >= 4 is 23.3 Å². The van der Waals surface area contributed by atoms with E-state index in [1.807, 2.05) is 36.4 Å². The Morgan fingerprint density at radius 2 is 1.57 bits per heavy atom. The lowest BCUT2D eigenvalue weighted by atomic mass is 9.74. The lowest BCUT2D eigenvalue weighted by molar-refractivity contribution is -0.148. The van der Waals surface area contributed by atoms with Crippen molar-refractivity contribution in [2.75, 3.05) is 44.7 Å². The summed E-state index contributed by atoms with van der Waals surface area (Å²) in [5.74, 6) is -0.128. The number of methoxy groups -OCH3 is 1. The Hall–Kier alpha value is -2.82. The molecule has 1 saturated heterocycles. The van der Waals surface area contributed by atoms with Gasteiger partial charge in [0.05, 0.1) is 12.5 Å². The van der Waals surface area contributed by atoms with E-state index < -0.39 is 5.41 Å². The minimum Gasteiger partial charge on any atom is -0.468 e. The first-order chi connectivity index (χ1) is 17.1. The van der Waals surface area contributed by atoms with Gasteiger partial charge < -0.3 is 9.64 Å². The summed E-state index contributed by atoms with van der Waals surface area (Å²) < 4.78 is 5.24. The van der Waals surface area contributed by atoms with E-state index in [0.717, 1.165) is 73.7 Å². The summed E-state index contributed by atoms with van der Waals surface area (Å²) in [6, 6.07) is 26.8. The van der Waals surface area contributed by atoms with Crippen LogP contribution in [0.4, 0.5) is 5.69 Å². The SMILES string of the molecule is CCC(CCCN1CCN(c2ccc(-c3ccccc3Cl)cc2)CC1)(C(=O)OC)c1ccccc1. The third-order valence-electron chi connectivity index (χ3n) is 7.37. The molecule has 1 fully saturated rings. The summed E-state index contributed by atoms with van der Waals surface area (Å²) in [4.78, 5) is 17.8. The highest BCUT2D eigenvalue weighted by Gasteiger charge is 2.39. The maximum atomic E-state index is 12.8. The van der Waals surface area contributed by atoms with Crippen molar-refractivity contribution in [3.63, 3.8) is 0 Å². The highest BCUT2D eigenvalue weighted by Crippen LogP contribution is 2.35. The van der Waals surface area contributed by atoms with Crippen LogP contribution in [0.1, 0.15) is 31.7 Å². The van der Waals surface area contributed by atoms with Gasteiger partial charge in [0.2, 0.25) is 0 Å². The lowest BCUT2D eigenvalue weighted by Gasteiger charge is -2.37. The first-order valence-electron chi connectivity index (χ1n) is 12.5. The molecule has 3 aromatic carbocycles. The van der Waals surface area contributed by atoms with Gasteiger partial charge in [0.25, 0.3) is 0 Å². The fourth-order valence-electron chi connectivity index (χ4n) is 5.22. The monoisotopic (exact) mass is 490 g/mol. The molecule has 0 N–H and O–H groups in total. The first-order valence-corrected chi connectivity index (χ1v) is 12.9. The van der Waals surface area contributed by atoms with Crippen LogP contribution in [0.3, 0.4) is 0 Å². The molecule has 4 rings (SSSR count). The number of carbonyl (C=O) groups excluding carboxylic acids is 1. The molecule has 184 valence electrons. The second-order valence-corrected chi connectivity index (χ2v) is 9.66. The molecular weight excluding hydrogens is 456 g/mol. The van der Waals surface area contributed by atoms with E-state index in [1.54, 1.807) is 0 Å². The van der Waals surface area contributed by atoms with Crippen molar-refractivity contribution in [1.29, 1.82) is 0 Å². The molecule has 1 heterocycles. The Bertz CT molecular complexity index is 1090. The summed E-state index contributed by atoms with van der Waals surface area (Å²) in [5.41, 5.74) is 3.94. The molecule has 0 amide bonds. The molecule has 0 aliphatic carbocycles. The number of hydrogen-bond acceptors (Lipinski definition) is 4. The smallest absolute Gasteiger partial charge is 0.316 e. The van der Waals surface area contributed by atoms with Crippen molar-refractivity contribution < 1.29 is 9.53 Å². The van der Waals surface area contributed by atoms with E-state index in [2.05, 4.69) is 59.2 Å². The van der Waals surface area contributed by atoms with E-state index in [-0.39, 0.29) is 5.97 Å². The van der Waals surface area contributed by atoms with Crippen LogP contribution in [0.25, 0.3) is 11.1 Å². The summed E-state index contributed by atoms with van der Waals surface area (Å²) in [7, 11) is 1.50. The number of carbonyl (C=O) groups is 1. The molecule has 1 aliphatic rings. The third kappa shape index (κ3) is 5.71. The van der Waals surface area contributed by atoms with Gasteiger partial charge in [-0.25, -0.2) is 0 Å². The summed E-state index contributed by atoms with van der Waals surface area (Å²) in [5, 5.41) is 0.778. The molecular formula is C30H35ClN2O2. The van der Waals surface area contributed by atoms with Crippen LogP contribution in [0.5, 0.6) is 0 Å². The van der Waals surface area contributed by atoms with Gasteiger partial charge >= 0.3 is 5.97 Å². The molecule has 0 spiro atoms. The Labute approximate surface area is 214 Å². The minimum absolute atomic E-state index is 0.128. The lowest BCUT2D eigenvalue weighted by Crippen LogP contribution is -2.47. The summed E-state index contributed by atoms with van der Waals surface area (Å²) in [6.07, 6.45) is 2.50. The number of rotatable bonds is 9. The molecule has 0 radical (unpaired) electrons. The van der Waals surface area contributed by atoms with Gasteiger partial charge in [0, 0.05) is 42.5 Å². The fraction of sp³-hybridized carbons (Fsp3) is 0.367. The van der Waals surface area contributed by atoms with Gasteiger partial charge in [0.15, 0.2) is 0 Å². The van der Waals surface area contributed by atoms with Crippen LogP contribution in [-0.2, 0) is 14.9 Å². The molecule has 3 aromatic rings. The van der Waals surface area contributed by atoms with Crippen molar-refractivity contribution in [2.24, 2.45) is 0 Å². The molecule has 0 aromatic heterocycles. The molecule has 0 saturated carbocycles. The third-order valence-corrected chi connectivity index (χ3v) is 7.70. The maximum absolute atomic E-state index is 12.8. The van der Waals surface area contributed by atoms with Crippen LogP contribution in [-0.4, -0.2) is 50.7 Å². The van der Waals surface area contributed by atoms with Crippen molar-refractivity contribution in [3.05, 3.63) is 89.4 Å². The quantitative estimate of drug-likeness (QED) is 0.323. The molecule has 0 bridgehead atoms. The average molecular weight is 491 g/mol. The number of piperazine rings is 1. The second kappa shape index (κ2) is 11.7. The number of esters is 1. The fourth-order valence-corrected chi connectivity index (χ4v) is 5.47. The zero-order chi connectivity index (χ0) is 24.7. The van der Waals surface area contributed by atoms with E-state index in [9.17, 15) is 4.79 Å². The van der Waals surface area contributed by atoms with E-state index in [4.69, 9.17) is 16.3 Å². The Balaban J connectivity index is 1.31. The molecule has 1 atom stereocenters. The van der Waals surface area contributed by atoms with Gasteiger partial charge in [-0.2, -0.15) is 0 Å². The van der Waals surface area contributed by atoms with Crippen LogP contribution >= 0.6 is 11.6 Å². The first kappa shape index (κ1) is 25.3. The predicted molar refractivity (Wildman–Crippen MR) is 145 cm³/mol. The predicted octanol–water partition coefficient (Wildman–Crippen LogP) is 6.43.